The molecule has 1 aliphatic carbocycles. The third kappa shape index (κ3) is 3.67. The van der Waals surface area contributed by atoms with Crippen molar-refractivity contribution in [2.75, 3.05) is 6.61 Å². The molecule has 1 aromatic heterocycles. The first-order chi connectivity index (χ1) is 9.96. The molecule has 3 rings (SSSR count). The summed E-state index contributed by atoms with van der Waals surface area (Å²) in [5.74, 6) is 0. The van der Waals surface area contributed by atoms with Crippen LogP contribution in [0, 0.1) is 0 Å². The van der Waals surface area contributed by atoms with Crippen LogP contribution in [0.3, 0.4) is 0 Å². The van der Waals surface area contributed by atoms with Gasteiger partial charge in [0.25, 0.3) is 0 Å². The van der Waals surface area contributed by atoms with Crippen LogP contribution in [-0.4, -0.2) is 32.7 Å². The third-order valence-corrected chi connectivity index (χ3v) is 4.94. The van der Waals surface area contributed by atoms with E-state index >= 15 is 0 Å². The Labute approximate surface area is 127 Å². The van der Waals surface area contributed by atoms with E-state index < -0.39 is 5.60 Å². The van der Waals surface area contributed by atoms with Gasteiger partial charge in [0.05, 0.1) is 29.5 Å². The van der Waals surface area contributed by atoms with Crippen LogP contribution in [0.5, 0.6) is 0 Å². The highest BCUT2D eigenvalue weighted by Crippen LogP contribution is 2.34. The minimum absolute atomic E-state index is 0.237. The SMILES string of the molecule is CC1(C)CC(O)(Cc2ccn(C3CCCCC3)n2)CCO1. The second kappa shape index (κ2) is 5.73. The zero-order valence-corrected chi connectivity index (χ0v) is 13.3. The number of hydrogen-bond acceptors (Lipinski definition) is 3. The van der Waals surface area contributed by atoms with Gasteiger partial charge in [-0.15, -0.1) is 0 Å². The average Bonchev–Trinajstić information content (AvgIpc) is 2.86. The molecule has 4 nitrogen and oxygen atoms in total. The Morgan fingerprint density at radius 1 is 1.33 bits per heavy atom. The Morgan fingerprint density at radius 2 is 2.10 bits per heavy atom. The molecule has 1 N–H and O–H groups in total. The van der Waals surface area contributed by atoms with Gasteiger partial charge in [-0.1, -0.05) is 19.3 Å². The van der Waals surface area contributed by atoms with Crippen molar-refractivity contribution in [1.82, 2.24) is 9.78 Å². The Morgan fingerprint density at radius 3 is 2.81 bits per heavy atom. The molecule has 0 spiro atoms. The molecule has 1 unspecified atom stereocenters. The number of aliphatic hydroxyl groups is 1. The van der Waals surface area contributed by atoms with Crippen molar-refractivity contribution >= 4 is 0 Å². The normalized spacial score (nSPS) is 30.4. The van der Waals surface area contributed by atoms with E-state index in [-0.39, 0.29) is 5.60 Å². The summed E-state index contributed by atoms with van der Waals surface area (Å²) in [6, 6.07) is 2.64. The Hall–Kier alpha value is -0.870. The molecule has 1 aromatic rings. The first kappa shape index (κ1) is 15.0. The summed E-state index contributed by atoms with van der Waals surface area (Å²) in [5, 5.41) is 15.6. The molecule has 2 fully saturated rings. The van der Waals surface area contributed by atoms with Crippen LogP contribution in [0.2, 0.25) is 0 Å². The number of aromatic nitrogens is 2. The van der Waals surface area contributed by atoms with E-state index in [0.717, 1.165) is 5.69 Å². The Kier molecular flexibility index (Phi) is 4.10. The fourth-order valence-electron chi connectivity index (χ4n) is 3.96. The van der Waals surface area contributed by atoms with Crippen molar-refractivity contribution in [3.63, 3.8) is 0 Å². The number of rotatable bonds is 3. The first-order valence-electron chi connectivity index (χ1n) is 8.36. The second-order valence-electron chi connectivity index (χ2n) is 7.51. The average molecular weight is 292 g/mol. The second-order valence-corrected chi connectivity index (χ2v) is 7.51. The largest absolute Gasteiger partial charge is 0.389 e. The first-order valence-corrected chi connectivity index (χ1v) is 8.36. The predicted octanol–water partition coefficient (Wildman–Crippen LogP) is 3.25. The minimum Gasteiger partial charge on any atom is -0.389 e. The molecule has 2 aliphatic rings. The Balaban J connectivity index is 1.66. The van der Waals surface area contributed by atoms with E-state index in [1.54, 1.807) is 0 Å². The summed E-state index contributed by atoms with van der Waals surface area (Å²) in [4.78, 5) is 0. The maximum absolute atomic E-state index is 10.9. The summed E-state index contributed by atoms with van der Waals surface area (Å²) < 4.78 is 7.84. The Bertz CT molecular complexity index is 477. The van der Waals surface area contributed by atoms with E-state index in [9.17, 15) is 5.11 Å². The lowest BCUT2D eigenvalue weighted by molar-refractivity contribution is -0.143. The van der Waals surface area contributed by atoms with Crippen LogP contribution in [-0.2, 0) is 11.2 Å². The standard InChI is InChI=1S/C17H28N2O2/c1-16(2)13-17(20,9-11-21-16)12-14-8-10-19(18-14)15-6-4-3-5-7-15/h8,10,15,20H,3-7,9,11-13H2,1-2H3. The molecule has 4 heteroatoms. The quantitative estimate of drug-likeness (QED) is 0.930. The van der Waals surface area contributed by atoms with E-state index in [1.165, 1.54) is 32.1 Å². The zero-order chi connectivity index (χ0) is 14.9. The highest BCUT2D eigenvalue weighted by molar-refractivity contribution is 5.07. The number of nitrogens with zero attached hydrogens (tertiary/aromatic N) is 2. The van der Waals surface area contributed by atoms with E-state index in [2.05, 4.69) is 30.8 Å². The van der Waals surface area contributed by atoms with Crippen molar-refractivity contribution in [2.45, 2.75) is 82.5 Å². The van der Waals surface area contributed by atoms with E-state index in [4.69, 9.17) is 9.84 Å². The van der Waals surface area contributed by atoms with Gasteiger partial charge < -0.3 is 9.84 Å². The van der Waals surface area contributed by atoms with Crippen LogP contribution < -0.4 is 0 Å². The van der Waals surface area contributed by atoms with Gasteiger partial charge in [-0.25, -0.2) is 0 Å². The van der Waals surface area contributed by atoms with Gasteiger partial charge in [0.15, 0.2) is 0 Å². The van der Waals surface area contributed by atoms with Gasteiger partial charge >= 0.3 is 0 Å². The van der Waals surface area contributed by atoms with Crippen molar-refractivity contribution in [3.8, 4) is 0 Å². The number of ether oxygens (including phenoxy) is 1. The monoisotopic (exact) mass is 292 g/mol. The molecule has 21 heavy (non-hydrogen) atoms. The molecule has 1 saturated carbocycles. The van der Waals surface area contributed by atoms with Crippen molar-refractivity contribution in [2.24, 2.45) is 0 Å². The van der Waals surface area contributed by atoms with Gasteiger partial charge in [0, 0.05) is 19.0 Å². The molecule has 1 aliphatic heterocycles. The molecule has 1 saturated heterocycles. The van der Waals surface area contributed by atoms with Crippen LogP contribution in [0.25, 0.3) is 0 Å². The molecule has 2 heterocycles. The van der Waals surface area contributed by atoms with Crippen LogP contribution in [0.4, 0.5) is 0 Å². The fraction of sp³-hybridized carbons (Fsp3) is 0.824. The lowest BCUT2D eigenvalue weighted by Gasteiger charge is -2.41. The molecular formula is C17H28N2O2. The summed E-state index contributed by atoms with van der Waals surface area (Å²) >= 11 is 0. The predicted molar refractivity (Wildman–Crippen MR) is 82.3 cm³/mol. The molecule has 0 aromatic carbocycles. The summed E-state index contributed by atoms with van der Waals surface area (Å²) in [5.41, 5.74) is 0.104. The lowest BCUT2D eigenvalue weighted by atomic mass is 9.81. The van der Waals surface area contributed by atoms with Crippen LogP contribution >= 0.6 is 0 Å². The van der Waals surface area contributed by atoms with Crippen molar-refractivity contribution < 1.29 is 9.84 Å². The topological polar surface area (TPSA) is 47.3 Å². The van der Waals surface area contributed by atoms with Gasteiger partial charge in [-0.2, -0.15) is 5.10 Å². The van der Waals surface area contributed by atoms with Crippen LogP contribution in [0.15, 0.2) is 12.3 Å². The minimum atomic E-state index is -0.673. The maximum Gasteiger partial charge on any atom is 0.0752 e. The lowest BCUT2D eigenvalue weighted by Crippen LogP contribution is -2.47. The number of hydrogen-bond donors (Lipinski definition) is 1. The molecule has 0 radical (unpaired) electrons. The summed E-state index contributed by atoms with van der Waals surface area (Å²) in [6.45, 7) is 4.74. The fourth-order valence-corrected chi connectivity index (χ4v) is 3.96. The molecule has 0 amide bonds. The maximum atomic E-state index is 10.9. The smallest absolute Gasteiger partial charge is 0.0752 e. The van der Waals surface area contributed by atoms with Crippen molar-refractivity contribution in [1.29, 1.82) is 0 Å². The van der Waals surface area contributed by atoms with Gasteiger partial charge in [-0.3, -0.25) is 4.68 Å². The summed E-state index contributed by atoms with van der Waals surface area (Å²) in [6.07, 6.45) is 10.6. The van der Waals surface area contributed by atoms with Crippen LogP contribution in [0.1, 0.15) is 70.5 Å². The van der Waals surface area contributed by atoms with Gasteiger partial charge in [0.2, 0.25) is 0 Å². The van der Waals surface area contributed by atoms with Crippen molar-refractivity contribution in [3.05, 3.63) is 18.0 Å². The molecule has 0 bridgehead atoms. The van der Waals surface area contributed by atoms with E-state index in [1.807, 2.05) is 0 Å². The molecular weight excluding hydrogens is 264 g/mol. The van der Waals surface area contributed by atoms with E-state index in [0.29, 0.717) is 31.9 Å². The zero-order valence-electron chi connectivity index (χ0n) is 13.3. The third-order valence-electron chi connectivity index (χ3n) is 4.94. The highest BCUT2D eigenvalue weighted by atomic mass is 16.5. The molecule has 1 atom stereocenters. The molecule has 118 valence electrons. The highest BCUT2D eigenvalue weighted by Gasteiger charge is 2.39. The van der Waals surface area contributed by atoms with Gasteiger partial charge in [0.1, 0.15) is 0 Å². The van der Waals surface area contributed by atoms with Gasteiger partial charge in [-0.05, 0) is 39.2 Å². The summed E-state index contributed by atoms with van der Waals surface area (Å²) in [7, 11) is 0.